The summed E-state index contributed by atoms with van der Waals surface area (Å²) in [6.45, 7) is 0.239. The minimum absolute atomic E-state index is 0.239. The van der Waals surface area contributed by atoms with E-state index in [0.29, 0.717) is 16.5 Å². The van der Waals surface area contributed by atoms with Gasteiger partial charge in [-0.15, -0.1) is 0 Å². The fourth-order valence-electron chi connectivity index (χ4n) is 2.80. The molecule has 0 aliphatic heterocycles. The summed E-state index contributed by atoms with van der Waals surface area (Å²) in [6.07, 6.45) is 2.95. The Morgan fingerprint density at radius 3 is 2.79 bits per heavy atom. The van der Waals surface area contributed by atoms with Crippen LogP contribution in [0.25, 0.3) is 10.4 Å². The van der Waals surface area contributed by atoms with E-state index in [0.717, 1.165) is 24.8 Å². The fraction of sp³-hybridized carbons (Fsp3) is 0.538. The van der Waals surface area contributed by atoms with Crippen molar-refractivity contribution in [2.75, 3.05) is 6.54 Å². The van der Waals surface area contributed by atoms with E-state index in [1.807, 2.05) is 6.07 Å². The number of aliphatic hydroxyl groups excluding tert-OH is 1. The second-order valence-corrected chi connectivity index (χ2v) is 5.75. The number of halogens is 2. The van der Waals surface area contributed by atoms with Crippen molar-refractivity contribution in [3.63, 3.8) is 0 Å². The first-order valence-corrected chi connectivity index (χ1v) is 7.00. The summed E-state index contributed by atoms with van der Waals surface area (Å²) in [5.41, 5.74) is 8.92. The second kappa shape index (κ2) is 6.02. The van der Waals surface area contributed by atoms with Crippen molar-refractivity contribution in [2.45, 2.75) is 37.2 Å². The Hall–Kier alpha value is -0.930. The highest BCUT2D eigenvalue weighted by Gasteiger charge is 2.41. The van der Waals surface area contributed by atoms with Crippen LogP contribution >= 0.6 is 23.2 Å². The van der Waals surface area contributed by atoms with Crippen LogP contribution < -0.4 is 0 Å². The SMILES string of the molecule is [N-]=[N+]=NCC1(c2ccc(Cl)c(Cl)c2)CCCCC1O. The van der Waals surface area contributed by atoms with Gasteiger partial charge in [-0.05, 0) is 36.1 Å². The van der Waals surface area contributed by atoms with Crippen LogP contribution in [0.5, 0.6) is 0 Å². The lowest BCUT2D eigenvalue weighted by Gasteiger charge is -2.41. The van der Waals surface area contributed by atoms with Crippen LogP contribution in [0.2, 0.25) is 10.0 Å². The summed E-state index contributed by atoms with van der Waals surface area (Å²) < 4.78 is 0. The molecule has 1 aromatic carbocycles. The maximum absolute atomic E-state index is 10.4. The second-order valence-electron chi connectivity index (χ2n) is 4.94. The molecule has 1 aliphatic rings. The van der Waals surface area contributed by atoms with Crippen LogP contribution in [0, 0.1) is 0 Å². The van der Waals surface area contributed by atoms with Crippen molar-refractivity contribution in [2.24, 2.45) is 5.11 Å². The summed E-state index contributed by atoms with van der Waals surface area (Å²) in [7, 11) is 0. The molecule has 0 spiro atoms. The first-order valence-electron chi connectivity index (χ1n) is 6.24. The lowest BCUT2D eigenvalue weighted by Crippen LogP contribution is -2.44. The van der Waals surface area contributed by atoms with Crippen molar-refractivity contribution in [3.05, 3.63) is 44.3 Å². The van der Waals surface area contributed by atoms with Crippen LogP contribution in [-0.4, -0.2) is 17.8 Å². The molecule has 1 fully saturated rings. The van der Waals surface area contributed by atoms with Crippen LogP contribution in [0.3, 0.4) is 0 Å². The Morgan fingerprint density at radius 1 is 1.37 bits per heavy atom. The van der Waals surface area contributed by atoms with Crippen LogP contribution in [0.4, 0.5) is 0 Å². The molecule has 1 N–H and O–H groups in total. The predicted octanol–water partition coefficient (Wildman–Crippen LogP) is 4.48. The molecule has 0 amide bonds. The Kier molecular flexibility index (Phi) is 4.58. The van der Waals surface area contributed by atoms with Gasteiger partial charge in [0, 0.05) is 16.9 Å². The van der Waals surface area contributed by atoms with Crippen molar-refractivity contribution in [1.82, 2.24) is 0 Å². The maximum atomic E-state index is 10.4. The monoisotopic (exact) mass is 299 g/mol. The first kappa shape index (κ1) is 14.5. The lowest BCUT2D eigenvalue weighted by atomic mass is 9.67. The van der Waals surface area contributed by atoms with E-state index in [9.17, 15) is 5.11 Å². The average molecular weight is 300 g/mol. The minimum atomic E-state index is -0.543. The van der Waals surface area contributed by atoms with Gasteiger partial charge >= 0.3 is 0 Å². The van der Waals surface area contributed by atoms with Crippen molar-refractivity contribution in [3.8, 4) is 0 Å². The van der Waals surface area contributed by atoms with Crippen molar-refractivity contribution in [1.29, 1.82) is 0 Å². The topological polar surface area (TPSA) is 69.0 Å². The van der Waals surface area contributed by atoms with Crippen LogP contribution in [-0.2, 0) is 5.41 Å². The zero-order chi connectivity index (χ0) is 13.9. The fourth-order valence-corrected chi connectivity index (χ4v) is 3.10. The van der Waals surface area contributed by atoms with E-state index in [2.05, 4.69) is 10.0 Å². The van der Waals surface area contributed by atoms with Gasteiger partial charge < -0.3 is 5.11 Å². The highest BCUT2D eigenvalue weighted by molar-refractivity contribution is 6.42. The standard InChI is InChI=1S/C13H15Cl2N3O/c14-10-5-4-9(7-11(10)15)13(8-17-18-16)6-2-1-3-12(13)19/h4-5,7,12,19H,1-3,6,8H2. The molecule has 0 aromatic heterocycles. The third kappa shape index (κ3) is 2.82. The Balaban J connectivity index is 2.46. The maximum Gasteiger partial charge on any atom is 0.0638 e. The summed E-state index contributed by atoms with van der Waals surface area (Å²) in [6, 6.07) is 5.35. The van der Waals surface area contributed by atoms with Gasteiger partial charge in [0.2, 0.25) is 0 Å². The first-order chi connectivity index (χ1) is 9.10. The third-order valence-electron chi connectivity index (χ3n) is 3.90. The number of azide groups is 1. The van der Waals surface area contributed by atoms with Gasteiger partial charge in [-0.2, -0.15) is 0 Å². The molecule has 4 nitrogen and oxygen atoms in total. The van der Waals surface area contributed by atoms with E-state index in [-0.39, 0.29) is 6.54 Å². The van der Waals surface area contributed by atoms with Crippen molar-refractivity contribution >= 4 is 23.2 Å². The van der Waals surface area contributed by atoms with Gasteiger partial charge in [-0.1, -0.05) is 47.2 Å². The van der Waals surface area contributed by atoms with E-state index in [1.165, 1.54) is 0 Å². The molecule has 0 saturated heterocycles. The van der Waals surface area contributed by atoms with E-state index >= 15 is 0 Å². The van der Waals surface area contributed by atoms with Gasteiger partial charge in [0.15, 0.2) is 0 Å². The normalized spacial score (nSPS) is 26.8. The zero-order valence-corrected chi connectivity index (χ0v) is 11.9. The van der Waals surface area contributed by atoms with Gasteiger partial charge in [-0.25, -0.2) is 0 Å². The number of hydrogen-bond acceptors (Lipinski definition) is 2. The average Bonchev–Trinajstić information content (AvgIpc) is 2.41. The largest absolute Gasteiger partial charge is 0.392 e. The highest BCUT2D eigenvalue weighted by atomic mass is 35.5. The molecule has 6 heteroatoms. The summed E-state index contributed by atoms with van der Waals surface area (Å²) in [5.74, 6) is 0. The molecular weight excluding hydrogens is 285 g/mol. The smallest absolute Gasteiger partial charge is 0.0638 e. The number of rotatable bonds is 3. The summed E-state index contributed by atoms with van der Waals surface area (Å²) in [4.78, 5) is 2.83. The number of nitrogens with zero attached hydrogens (tertiary/aromatic N) is 3. The number of hydrogen-bond donors (Lipinski definition) is 1. The molecule has 2 atom stereocenters. The Labute approximate surface area is 122 Å². The molecule has 102 valence electrons. The van der Waals surface area contributed by atoms with Gasteiger partial charge in [-0.3, -0.25) is 0 Å². The quantitative estimate of drug-likeness (QED) is 0.499. The van der Waals surface area contributed by atoms with E-state index in [1.54, 1.807) is 12.1 Å². The molecule has 2 rings (SSSR count). The summed E-state index contributed by atoms with van der Waals surface area (Å²) >= 11 is 12.0. The minimum Gasteiger partial charge on any atom is -0.392 e. The van der Waals surface area contributed by atoms with Crippen LogP contribution in [0.15, 0.2) is 23.3 Å². The van der Waals surface area contributed by atoms with E-state index in [4.69, 9.17) is 28.7 Å². The Morgan fingerprint density at radius 2 is 2.16 bits per heavy atom. The molecular formula is C13H15Cl2N3O. The summed E-state index contributed by atoms with van der Waals surface area (Å²) in [5, 5.41) is 15.0. The zero-order valence-electron chi connectivity index (χ0n) is 10.4. The molecule has 1 aromatic rings. The molecule has 2 unspecified atom stereocenters. The Bertz CT molecular complexity index is 517. The number of aliphatic hydroxyl groups is 1. The highest BCUT2D eigenvalue weighted by Crippen LogP contribution is 2.41. The molecule has 1 saturated carbocycles. The van der Waals surface area contributed by atoms with Crippen molar-refractivity contribution < 1.29 is 5.11 Å². The number of benzene rings is 1. The molecule has 1 aliphatic carbocycles. The molecule has 0 heterocycles. The lowest BCUT2D eigenvalue weighted by molar-refractivity contribution is 0.0464. The third-order valence-corrected chi connectivity index (χ3v) is 4.64. The predicted molar refractivity (Wildman–Crippen MR) is 76.6 cm³/mol. The molecule has 19 heavy (non-hydrogen) atoms. The van der Waals surface area contributed by atoms with E-state index < -0.39 is 11.5 Å². The van der Waals surface area contributed by atoms with Gasteiger partial charge in [0.05, 0.1) is 16.1 Å². The van der Waals surface area contributed by atoms with Crippen LogP contribution in [0.1, 0.15) is 31.2 Å². The molecule has 0 radical (unpaired) electrons. The van der Waals surface area contributed by atoms with Gasteiger partial charge in [0.1, 0.15) is 0 Å². The molecule has 0 bridgehead atoms. The van der Waals surface area contributed by atoms with Gasteiger partial charge in [0.25, 0.3) is 0 Å².